The van der Waals surface area contributed by atoms with Crippen molar-refractivity contribution < 1.29 is 4.39 Å². The number of aryl methyl sites for hydroxylation is 1. The van der Waals surface area contributed by atoms with Crippen molar-refractivity contribution in [2.45, 2.75) is 6.92 Å². The van der Waals surface area contributed by atoms with Gasteiger partial charge in [-0.3, -0.25) is 0 Å². The molecular weight excluding hydrogens is 628 g/mol. The number of aromatic nitrogens is 4. The number of benzene rings is 7. The molecule has 0 radical (unpaired) electrons. The van der Waals surface area contributed by atoms with Gasteiger partial charge in [0, 0.05) is 27.5 Å². The van der Waals surface area contributed by atoms with Gasteiger partial charge in [-0.15, -0.1) is 0 Å². The van der Waals surface area contributed by atoms with Crippen LogP contribution in [0.5, 0.6) is 0 Å². The second kappa shape index (κ2) is 12.6. The number of rotatable bonds is 6. The summed E-state index contributed by atoms with van der Waals surface area (Å²) < 4.78 is 16.3. The monoisotopic (exact) mass is 658 g/mol. The van der Waals surface area contributed by atoms with Crippen LogP contribution in [-0.2, 0) is 0 Å². The van der Waals surface area contributed by atoms with E-state index >= 15 is 0 Å². The maximum Gasteiger partial charge on any atom is 0.166 e. The highest BCUT2D eigenvalue weighted by Gasteiger charge is 2.20. The van der Waals surface area contributed by atoms with Gasteiger partial charge in [0.05, 0.1) is 16.7 Å². The summed E-state index contributed by atoms with van der Waals surface area (Å²) in [5.74, 6) is 1.48. The van der Waals surface area contributed by atoms with Gasteiger partial charge in [0.25, 0.3) is 0 Å². The first-order chi connectivity index (χ1) is 25.1. The predicted molar refractivity (Wildman–Crippen MR) is 206 cm³/mol. The molecule has 9 aromatic rings. The Morgan fingerprint density at radius 1 is 0.412 bits per heavy atom. The minimum atomic E-state index is -0.269. The topological polar surface area (TPSA) is 43.6 Å². The van der Waals surface area contributed by atoms with Gasteiger partial charge in [-0.25, -0.2) is 19.3 Å². The Morgan fingerprint density at radius 2 is 0.922 bits per heavy atom. The zero-order chi connectivity index (χ0) is 34.3. The molecule has 0 bridgehead atoms. The highest BCUT2D eigenvalue weighted by Crippen LogP contribution is 2.39. The van der Waals surface area contributed by atoms with Crippen LogP contribution in [0, 0.1) is 12.7 Å². The molecule has 4 nitrogen and oxygen atoms in total. The fourth-order valence-electron chi connectivity index (χ4n) is 6.81. The van der Waals surface area contributed by atoms with Crippen LogP contribution in [0.25, 0.3) is 83.9 Å². The summed E-state index contributed by atoms with van der Waals surface area (Å²) in [4.78, 5) is 15.2. The molecule has 0 fully saturated rings. The van der Waals surface area contributed by atoms with Crippen LogP contribution < -0.4 is 0 Å². The second-order valence-electron chi connectivity index (χ2n) is 12.7. The molecule has 2 heterocycles. The van der Waals surface area contributed by atoms with Crippen LogP contribution in [0.3, 0.4) is 0 Å². The maximum absolute atomic E-state index is 14.0. The van der Waals surface area contributed by atoms with Crippen LogP contribution in [-0.4, -0.2) is 19.5 Å². The average molecular weight is 659 g/mol. The predicted octanol–water partition coefficient (Wildman–Crippen LogP) is 11.8. The lowest BCUT2D eigenvalue weighted by atomic mass is 10.0. The fraction of sp³-hybridized carbons (Fsp3) is 0.0217. The van der Waals surface area contributed by atoms with Gasteiger partial charge in [-0.2, -0.15) is 0 Å². The molecule has 51 heavy (non-hydrogen) atoms. The molecule has 0 aliphatic carbocycles. The lowest BCUT2D eigenvalue weighted by molar-refractivity contribution is 0.628. The van der Waals surface area contributed by atoms with E-state index in [1.807, 2.05) is 72.8 Å². The van der Waals surface area contributed by atoms with Crippen molar-refractivity contribution in [1.29, 1.82) is 0 Å². The van der Waals surface area contributed by atoms with Gasteiger partial charge in [-0.05, 0) is 71.6 Å². The zero-order valence-electron chi connectivity index (χ0n) is 27.8. The summed E-state index contributed by atoms with van der Waals surface area (Å²) in [6.07, 6.45) is 0. The largest absolute Gasteiger partial charge is 0.308 e. The van der Waals surface area contributed by atoms with Crippen LogP contribution >= 0.6 is 0 Å². The van der Waals surface area contributed by atoms with Crippen molar-refractivity contribution in [2.75, 3.05) is 0 Å². The standard InChI is InChI=1S/C46H31FN4/c1-30-16-18-31(19-17-30)35-23-27-42-40(28-35)38-14-8-9-15-41(38)51(42)43-29-36(32-20-24-37(47)25-21-32)22-26-39(43)46-49-44(33-10-4-2-5-11-33)48-45(50-46)34-12-6-3-7-13-34/h2-29H,1H3. The Kier molecular flexibility index (Phi) is 7.51. The van der Waals surface area contributed by atoms with Crippen molar-refractivity contribution in [2.24, 2.45) is 0 Å². The molecule has 0 aliphatic rings. The molecule has 0 saturated carbocycles. The summed E-state index contributed by atoms with van der Waals surface area (Å²) >= 11 is 0. The Hall–Kier alpha value is -6.72. The van der Waals surface area contributed by atoms with E-state index in [0.717, 1.165) is 60.9 Å². The molecule has 2 aromatic heterocycles. The number of fused-ring (bicyclic) bond motifs is 3. The normalized spacial score (nSPS) is 11.3. The maximum atomic E-state index is 14.0. The minimum absolute atomic E-state index is 0.269. The number of halogens is 1. The molecule has 242 valence electrons. The van der Waals surface area contributed by atoms with Crippen molar-refractivity contribution >= 4 is 21.8 Å². The lowest BCUT2D eigenvalue weighted by Gasteiger charge is -2.16. The lowest BCUT2D eigenvalue weighted by Crippen LogP contribution is -2.04. The first-order valence-electron chi connectivity index (χ1n) is 17.0. The Bertz CT molecular complexity index is 2620. The van der Waals surface area contributed by atoms with Gasteiger partial charge >= 0.3 is 0 Å². The van der Waals surface area contributed by atoms with Gasteiger partial charge in [0.2, 0.25) is 0 Å². The van der Waals surface area contributed by atoms with E-state index in [1.54, 1.807) is 0 Å². The van der Waals surface area contributed by atoms with E-state index in [2.05, 4.69) is 96.4 Å². The molecule has 0 spiro atoms. The van der Waals surface area contributed by atoms with Crippen molar-refractivity contribution in [3.63, 3.8) is 0 Å². The zero-order valence-corrected chi connectivity index (χ0v) is 27.8. The highest BCUT2D eigenvalue weighted by atomic mass is 19.1. The number of para-hydroxylation sites is 1. The number of hydrogen-bond acceptors (Lipinski definition) is 3. The minimum Gasteiger partial charge on any atom is -0.308 e. The van der Waals surface area contributed by atoms with Crippen LogP contribution in [0.4, 0.5) is 4.39 Å². The van der Waals surface area contributed by atoms with E-state index in [-0.39, 0.29) is 5.82 Å². The van der Waals surface area contributed by atoms with Crippen LogP contribution in [0.1, 0.15) is 5.56 Å². The van der Waals surface area contributed by atoms with E-state index in [4.69, 9.17) is 15.0 Å². The summed E-state index contributed by atoms with van der Waals surface area (Å²) in [5, 5.41) is 2.29. The Morgan fingerprint density at radius 3 is 1.59 bits per heavy atom. The second-order valence-corrected chi connectivity index (χ2v) is 12.7. The van der Waals surface area contributed by atoms with Gasteiger partial charge in [0.1, 0.15) is 5.82 Å². The Labute approximate surface area is 295 Å². The third-order valence-corrected chi connectivity index (χ3v) is 9.41. The smallest absolute Gasteiger partial charge is 0.166 e. The fourth-order valence-corrected chi connectivity index (χ4v) is 6.81. The molecule has 9 rings (SSSR count). The number of hydrogen-bond donors (Lipinski definition) is 0. The Balaban J connectivity index is 1.33. The van der Waals surface area contributed by atoms with Gasteiger partial charge in [0.15, 0.2) is 17.5 Å². The van der Waals surface area contributed by atoms with E-state index in [1.165, 1.54) is 23.3 Å². The third kappa shape index (κ3) is 5.65. The van der Waals surface area contributed by atoms with Crippen molar-refractivity contribution in [3.8, 4) is 62.1 Å². The molecule has 0 unspecified atom stereocenters. The molecule has 0 aliphatic heterocycles. The molecule has 7 aromatic carbocycles. The average Bonchev–Trinajstić information content (AvgIpc) is 3.52. The molecule has 0 saturated heterocycles. The summed E-state index contributed by atoms with van der Waals surface area (Å²) in [6, 6.07) is 56.8. The van der Waals surface area contributed by atoms with E-state index in [0.29, 0.717) is 17.5 Å². The van der Waals surface area contributed by atoms with Crippen molar-refractivity contribution in [3.05, 3.63) is 181 Å². The SMILES string of the molecule is Cc1ccc(-c2ccc3c(c2)c2ccccc2n3-c2cc(-c3ccc(F)cc3)ccc2-c2nc(-c3ccccc3)nc(-c3ccccc3)n2)cc1. The number of nitrogens with zero attached hydrogens (tertiary/aromatic N) is 4. The van der Waals surface area contributed by atoms with Crippen LogP contribution in [0.15, 0.2) is 170 Å². The molecule has 0 amide bonds. The van der Waals surface area contributed by atoms with E-state index in [9.17, 15) is 4.39 Å². The summed E-state index contributed by atoms with van der Waals surface area (Å²) in [5.41, 5.74) is 11.1. The summed E-state index contributed by atoms with van der Waals surface area (Å²) in [7, 11) is 0. The third-order valence-electron chi connectivity index (χ3n) is 9.41. The molecule has 0 N–H and O–H groups in total. The first-order valence-corrected chi connectivity index (χ1v) is 17.0. The quantitative estimate of drug-likeness (QED) is 0.179. The van der Waals surface area contributed by atoms with Gasteiger partial charge < -0.3 is 4.57 Å². The molecule has 0 atom stereocenters. The first kappa shape index (κ1) is 30.3. The van der Waals surface area contributed by atoms with Gasteiger partial charge in [-0.1, -0.05) is 133 Å². The van der Waals surface area contributed by atoms with Crippen LogP contribution in [0.2, 0.25) is 0 Å². The highest BCUT2D eigenvalue weighted by molar-refractivity contribution is 6.11. The van der Waals surface area contributed by atoms with Crippen molar-refractivity contribution in [1.82, 2.24) is 19.5 Å². The molecule has 5 heteroatoms. The van der Waals surface area contributed by atoms with E-state index < -0.39 is 0 Å². The molecular formula is C46H31FN4. The summed E-state index contributed by atoms with van der Waals surface area (Å²) in [6.45, 7) is 2.11.